The van der Waals surface area contributed by atoms with Crippen LogP contribution in [0.3, 0.4) is 0 Å². The number of ether oxygens (including phenoxy) is 2. The summed E-state index contributed by atoms with van der Waals surface area (Å²) >= 11 is 5.77. The van der Waals surface area contributed by atoms with Crippen LogP contribution in [0.15, 0.2) is 47.3 Å². The average Bonchev–Trinajstić information content (AvgIpc) is 3.30. The van der Waals surface area contributed by atoms with Gasteiger partial charge in [0.15, 0.2) is 5.11 Å². The highest BCUT2D eigenvalue weighted by molar-refractivity contribution is 7.80. The van der Waals surface area contributed by atoms with Gasteiger partial charge in [-0.3, -0.25) is 4.79 Å². The Morgan fingerprint density at radius 3 is 2.67 bits per heavy atom. The van der Waals surface area contributed by atoms with Crippen LogP contribution >= 0.6 is 12.2 Å². The van der Waals surface area contributed by atoms with Gasteiger partial charge in [0.2, 0.25) is 0 Å². The monoisotopic (exact) mass is 465 g/mol. The molecule has 1 aromatic heterocycles. The molecular formula is C26H31N3O3S. The Hall–Kier alpha value is -2.90. The fourth-order valence-electron chi connectivity index (χ4n) is 4.10. The van der Waals surface area contributed by atoms with Crippen LogP contribution in [0.25, 0.3) is 10.9 Å². The molecule has 0 amide bonds. The van der Waals surface area contributed by atoms with Gasteiger partial charge in [-0.1, -0.05) is 0 Å². The van der Waals surface area contributed by atoms with Crippen molar-refractivity contribution >= 4 is 33.9 Å². The first-order valence-electron chi connectivity index (χ1n) is 11.5. The van der Waals surface area contributed by atoms with Crippen LogP contribution in [-0.2, 0) is 11.3 Å². The molecular weight excluding hydrogens is 434 g/mol. The molecule has 1 aliphatic rings. The zero-order valence-corrected chi connectivity index (χ0v) is 20.3. The summed E-state index contributed by atoms with van der Waals surface area (Å²) in [5.74, 6) is 0.818. The lowest BCUT2D eigenvalue weighted by Gasteiger charge is -2.28. The third-order valence-electron chi connectivity index (χ3n) is 6.05. The van der Waals surface area contributed by atoms with Crippen molar-refractivity contribution in [3.8, 4) is 5.75 Å². The summed E-state index contributed by atoms with van der Waals surface area (Å²) in [7, 11) is 0. The SMILES string of the molecule is CCOc1ccc(NC(=S)N(Cc2cc3cc(C)c(C)cc3[nH]c2=O)C[C@@H]2CCCO2)cc1. The molecule has 1 fully saturated rings. The molecule has 0 aliphatic carbocycles. The molecule has 0 bridgehead atoms. The van der Waals surface area contributed by atoms with Gasteiger partial charge in [0.25, 0.3) is 5.56 Å². The molecule has 33 heavy (non-hydrogen) atoms. The van der Waals surface area contributed by atoms with E-state index >= 15 is 0 Å². The molecule has 4 rings (SSSR count). The van der Waals surface area contributed by atoms with E-state index in [0.29, 0.717) is 30.4 Å². The van der Waals surface area contributed by atoms with E-state index in [1.165, 1.54) is 5.56 Å². The van der Waals surface area contributed by atoms with Crippen LogP contribution in [0.2, 0.25) is 0 Å². The number of fused-ring (bicyclic) bond motifs is 1. The molecule has 6 nitrogen and oxygen atoms in total. The van der Waals surface area contributed by atoms with Crippen molar-refractivity contribution in [1.82, 2.24) is 9.88 Å². The minimum absolute atomic E-state index is 0.0908. The minimum atomic E-state index is -0.0908. The maximum atomic E-state index is 12.9. The molecule has 0 unspecified atom stereocenters. The summed E-state index contributed by atoms with van der Waals surface area (Å²) in [5, 5.41) is 4.90. The van der Waals surface area contributed by atoms with Crippen LogP contribution < -0.4 is 15.6 Å². The van der Waals surface area contributed by atoms with Crippen molar-refractivity contribution in [3.63, 3.8) is 0 Å². The fraction of sp³-hybridized carbons (Fsp3) is 0.385. The number of hydrogen-bond acceptors (Lipinski definition) is 4. The number of nitrogens with one attached hydrogen (secondary N) is 2. The van der Waals surface area contributed by atoms with Crippen molar-refractivity contribution in [3.05, 3.63) is 69.5 Å². The number of thiocarbonyl (C=S) groups is 1. The van der Waals surface area contributed by atoms with E-state index < -0.39 is 0 Å². The molecule has 0 radical (unpaired) electrons. The summed E-state index contributed by atoms with van der Waals surface area (Å²) in [4.78, 5) is 18.0. The van der Waals surface area contributed by atoms with Crippen molar-refractivity contribution in [2.24, 2.45) is 0 Å². The predicted octanol–water partition coefficient (Wildman–Crippen LogP) is 4.92. The van der Waals surface area contributed by atoms with Gasteiger partial charge in [0.1, 0.15) is 5.75 Å². The molecule has 174 valence electrons. The van der Waals surface area contributed by atoms with Gasteiger partial charge in [-0.15, -0.1) is 0 Å². The highest BCUT2D eigenvalue weighted by Crippen LogP contribution is 2.21. The number of aromatic nitrogens is 1. The normalized spacial score (nSPS) is 15.5. The maximum Gasteiger partial charge on any atom is 0.253 e. The number of nitrogens with zero attached hydrogens (tertiary/aromatic N) is 1. The third-order valence-corrected chi connectivity index (χ3v) is 6.41. The number of H-pyrrole nitrogens is 1. The highest BCUT2D eigenvalue weighted by atomic mass is 32.1. The van der Waals surface area contributed by atoms with Gasteiger partial charge in [-0.05, 0) is 105 Å². The standard InChI is InChI=1S/C26H31N3O3S/c1-4-31-22-9-7-21(8-10-22)27-26(33)29(16-23-6-5-11-32-23)15-20-14-19-12-17(2)18(3)13-24(19)28-25(20)30/h7-10,12-14,23H,4-6,11,15-16H2,1-3H3,(H,27,33)(H,28,30)/t23-/m0/s1. The summed E-state index contributed by atoms with van der Waals surface area (Å²) in [6.45, 7) is 8.52. The van der Waals surface area contributed by atoms with E-state index in [4.69, 9.17) is 21.7 Å². The molecule has 1 aliphatic heterocycles. The van der Waals surface area contributed by atoms with Gasteiger partial charge in [-0.25, -0.2) is 0 Å². The van der Waals surface area contributed by atoms with Crippen LogP contribution in [0, 0.1) is 13.8 Å². The van der Waals surface area contributed by atoms with Crippen LogP contribution in [0.4, 0.5) is 5.69 Å². The van der Waals surface area contributed by atoms with Gasteiger partial charge in [0, 0.05) is 29.9 Å². The number of anilines is 1. The molecule has 2 N–H and O–H groups in total. The Labute approximate surface area is 199 Å². The molecule has 3 aromatic rings. The van der Waals surface area contributed by atoms with Crippen molar-refractivity contribution in [1.29, 1.82) is 0 Å². The van der Waals surface area contributed by atoms with Crippen molar-refractivity contribution in [2.75, 3.05) is 25.1 Å². The predicted molar refractivity (Wildman–Crippen MR) is 137 cm³/mol. The molecule has 1 saturated heterocycles. The second-order valence-electron chi connectivity index (χ2n) is 8.55. The first kappa shape index (κ1) is 23.3. The van der Waals surface area contributed by atoms with E-state index in [1.807, 2.05) is 48.2 Å². The van der Waals surface area contributed by atoms with E-state index in [-0.39, 0.29) is 11.7 Å². The smallest absolute Gasteiger partial charge is 0.253 e. The Kier molecular flexibility index (Phi) is 7.30. The minimum Gasteiger partial charge on any atom is -0.494 e. The van der Waals surface area contributed by atoms with E-state index in [0.717, 1.165) is 47.4 Å². The number of hydrogen-bond donors (Lipinski definition) is 2. The zero-order valence-electron chi connectivity index (χ0n) is 19.4. The number of aromatic amines is 1. The maximum absolute atomic E-state index is 12.9. The topological polar surface area (TPSA) is 66.6 Å². The molecule has 0 saturated carbocycles. The highest BCUT2D eigenvalue weighted by Gasteiger charge is 2.22. The lowest BCUT2D eigenvalue weighted by molar-refractivity contribution is 0.0904. The first-order valence-corrected chi connectivity index (χ1v) is 11.9. The van der Waals surface area contributed by atoms with Gasteiger partial charge < -0.3 is 24.7 Å². The Balaban J connectivity index is 1.57. The van der Waals surface area contributed by atoms with Crippen LogP contribution in [0.1, 0.15) is 36.5 Å². The van der Waals surface area contributed by atoms with E-state index in [9.17, 15) is 4.79 Å². The fourth-order valence-corrected chi connectivity index (χ4v) is 4.36. The largest absolute Gasteiger partial charge is 0.494 e. The Morgan fingerprint density at radius 2 is 1.97 bits per heavy atom. The van der Waals surface area contributed by atoms with Gasteiger partial charge in [0.05, 0.1) is 19.3 Å². The van der Waals surface area contributed by atoms with Crippen molar-refractivity contribution < 1.29 is 9.47 Å². The molecule has 0 spiro atoms. The van der Waals surface area contributed by atoms with Gasteiger partial charge >= 0.3 is 0 Å². The summed E-state index contributed by atoms with van der Waals surface area (Å²) in [5.41, 5.74) is 4.68. The van der Waals surface area contributed by atoms with E-state index in [1.54, 1.807) is 0 Å². The lowest BCUT2D eigenvalue weighted by Crippen LogP contribution is -2.40. The second-order valence-corrected chi connectivity index (χ2v) is 8.94. The average molecular weight is 466 g/mol. The number of rotatable bonds is 7. The first-order chi connectivity index (χ1) is 15.9. The molecule has 1 atom stereocenters. The summed E-state index contributed by atoms with van der Waals surface area (Å²) in [6, 6.07) is 13.8. The number of pyridine rings is 1. The molecule has 2 heterocycles. The van der Waals surface area contributed by atoms with Gasteiger partial charge in [-0.2, -0.15) is 0 Å². The number of benzene rings is 2. The van der Waals surface area contributed by atoms with E-state index in [2.05, 4.69) is 30.2 Å². The zero-order chi connectivity index (χ0) is 23.4. The van der Waals surface area contributed by atoms with Crippen LogP contribution in [0.5, 0.6) is 5.75 Å². The second kappa shape index (κ2) is 10.4. The van der Waals surface area contributed by atoms with Crippen LogP contribution in [-0.4, -0.2) is 40.9 Å². The summed E-state index contributed by atoms with van der Waals surface area (Å²) < 4.78 is 11.4. The van der Waals surface area contributed by atoms with Crippen molar-refractivity contribution in [2.45, 2.75) is 46.3 Å². The third kappa shape index (κ3) is 5.72. The Morgan fingerprint density at radius 1 is 1.21 bits per heavy atom. The quantitative estimate of drug-likeness (QED) is 0.483. The Bertz CT molecular complexity index is 1180. The molecule has 7 heteroatoms. The lowest BCUT2D eigenvalue weighted by atomic mass is 10.0. The number of aryl methyl sites for hydroxylation is 2. The summed E-state index contributed by atoms with van der Waals surface area (Å²) in [6.07, 6.45) is 2.15. The molecule has 2 aromatic carbocycles.